The lowest BCUT2D eigenvalue weighted by Crippen LogP contribution is -2.36. The van der Waals surface area contributed by atoms with Crippen LogP contribution >= 0.6 is 0 Å². The van der Waals surface area contributed by atoms with E-state index < -0.39 is 0 Å². The van der Waals surface area contributed by atoms with Gasteiger partial charge in [0.2, 0.25) is 5.91 Å². The minimum atomic E-state index is -0.282. The van der Waals surface area contributed by atoms with E-state index in [1.807, 2.05) is 6.92 Å². The second-order valence-electron chi connectivity index (χ2n) is 4.32. The highest BCUT2D eigenvalue weighted by molar-refractivity contribution is 5.96. The molecule has 0 atom stereocenters. The number of nitrogens with zero attached hydrogens (tertiary/aromatic N) is 2. The summed E-state index contributed by atoms with van der Waals surface area (Å²) < 4.78 is 1.80. The van der Waals surface area contributed by atoms with Crippen molar-refractivity contribution in [3.63, 3.8) is 0 Å². The van der Waals surface area contributed by atoms with Crippen molar-refractivity contribution in [1.82, 2.24) is 14.8 Å². The van der Waals surface area contributed by atoms with Crippen LogP contribution in [0, 0.1) is 0 Å². The number of nitrogens with one attached hydrogen (secondary N) is 1. The molecule has 2 amide bonds. The highest BCUT2D eigenvalue weighted by Crippen LogP contribution is 2.11. The molecule has 0 aromatic carbocycles. The second kappa shape index (κ2) is 6.09. The number of aryl methyl sites for hydroxylation is 1. The number of likely N-dealkylation sites (N-methyl/N-ethyl adjacent to an activating group) is 1. The Hall–Kier alpha value is -1.98. The largest absolute Gasteiger partial charge is 0.397 e. The first-order chi connectivity index (χ1) is 8.45. The molecule has 6 nitrogen and oxygen atoms in total. The number of nitrogens with two attached hydrogens (primary N) is 1. The molecule has 18 heavy (non-hydrogen) atoms. The molecule has 0 saturated carbocycles. The molecule has 0 aliphatic heterocycles. The summed E-state index contributed by atoms with van der Waals surface area (Å²) in [5, 5.41) is 2.59. The first kappa shape index (κ1) is 14.1. The molecule has 1 aromatic rings. The monoisotopic (exact) mass is 252 g/mol. The van der Waals surface area contributed by atoms with E-state index in [9.17, 15) is 9.59 Å². The minimum Gasteiger partial charge on any atom is -0.397 e. The lowest BCUT2D eigenvalue weighted by molar-refractivity contribution is -0.127. The molecular weight excluding hydrogens is 232 g/mol. The molecular formula is C12H20N4O2. The number of hydrogen-bond donors (Lipinski definition) is 2. The van der Waals surface area contributed by atoms with Crippen LogP contribution in [0.3, 0.4) is 0 Å². The van der Waals surface area contributed by atoms with Crippen LogP contribution in [0.15, 0.2) is 12.3 Å². The van der Waals surface area contributed by atoms with Crippen LogP contribution < -0.4 is 11.1 Å². The van der Waals surface area contributed by atoms with Gasteiger partial charge >= 0.3 is 0 Å². The van der Waals surface area contributed by atoms with Crippen molar-refractivity contribution in [2.45, 2.75) is 19.9 Å². The van der Waals surface area contributed by atoms with Gasteiger partial charge in [-0.15, -0.1) is 0 Å². The van der Waals surface area contributed by atoms with Gasteiger partial charge in [-0.05, 0) is 12.5 Å². The van der Waals surface area contributed by atoms with Crippen LogP contribution in [0.2, 0.25) is 0 Å². The Morgan fingerprint density at radius 2 is 2.11 bits per heavy atom. The SMILES string of the molecule is CCCn1cc(N)cc1C(=O)NCC(=O)N(C)C. The molecule has 1 rings (SSSR count). The molecule has 0 radical (unpaired) electrons. The van der Waals surface area contributed by atoms with Crippen molar-refractivity contribution in [2.75, 3.05) is 26.4 Å². The smallest absolute Gasteiger partial charge is 0.268 e. The highest BCUT2D eigenvalue weighted by atomic mass is 16.2. The van der Waals surface area contributed by atoms with Crippen LogP contribution in [0.25, 0.3) is 0 Å². The van der Waals surface area contributed by atoms with E-state index in [1.54, 1.807) is 30.9 Å². The van der Waals surface area contributed by atoms with E-state index in [0.717, 1.165) is 13.0 Å². The first-order valence-electron chi connectivity index (χ1n) is 5.89. The fourth-order valence-corrected chi connectivity index (χ4v) is 1.55. The maximum atomic E-state index is 11.9. The third kappa shape index (κ3) is 3.51. The molecule has 0 unspecified atom stereocenters. The normalized spacial score (nSPS) is 10.2. The standard InChI is InChI=1S/C12H20N4O2/c1-4-5-16-8-9(13)6-10(16)12(18)14-7-11(17)15(2)3/h6,8H,4-5,7,13H2,1-3H3,(H,14,18). The fourth-order valence-electron chi connectivity index (χ4n) is 1.55. The predicted octanol–water partition coefficient (Wildman–Crippen LogP) is 0.298. The summed E-state index contributed by atoms with van der Waals surface area (Å²) in [5.74, 6) is -0.430. The van der Waals surface area contributed by atoms with Gasteiger partial charge in [0, 0.05) is 26.8 Å². The summed E-state index contributed by atoms with van der Waals surface area (Å²) in [6.07, 6.45) is 2.64. The van der Waals surface area contributed by atoms with Crippen molar-refractivity contribution >= 4 is 17.5 Å². The van der Waals surface area contributed by atoms with E-state index in [0.29, 0.717) is 11.4 Å². The molecule has 0 bridgehead atoms. The van der Waals surface area contributed by atoms with Gasteiger partial charge in [0.05, 0.1) is 12.2 Å². The van der Waals surface area contributed by atoms with Gasteiger partial charge in [-0.1, -0.05) is 6.92 Å². The van der Waals surface area contributed by atoms with Gasteiger partial charge in [-0.3, -0.25) is 9.59 Å². The number of hydrogen-bond acceptors (Lipinski definition) is 3. The summed E-state index contributed by atoms with van der Waals surface area (Å²) in [6, 6.07) is 1.62. The molecule has 0 aliphatic rings. The Bertz CT molecular complexity index is 437. The molecule has 1 heterocycles. The average molecular weight is 252 g/mol. The molecule has 0 spiro atoms. The van der Waals surface area contributed by atoms with Crippen molar-refractivity contribution < 1.29 is 9.59 Å². The first-order valence-corrected chi connectivity index (χ1v) is 5.89. The van der Waals surface area contributed by atoms with Gasteiger partial charge in [0.1, 0.15) is 5.69 Å². The van der Waals surface area contributed by atoms with Crippen molar-refractivity contribution in [2.24, 2.45) is 0 Å². The zero-order valence-electron chi connectivity index (χ0n) is 11.1. The summed E-state index contributed by atoms with van der Waals surface area (Å²) in [6.45, 7) is 2.73. The number of carbonyl (C=O) groups excluding carboxylic acids is 2. The van der Waals surface area contributed by atoms with Crippen LogP contribution in [0.1, 0.15) is 23.8 Å². The van der Waals surface area contributed by atoms with E-state index in [4.69, 9.17) is 5.73 Å². The maximum absolute atomic E-state index is 11.9. The Morgan fingerprint density at radius 1 is 1.44 bits per heavy atom. The number of rotatable bonds is 5. The number of nitrogen functional groups attached to an aromatic ring is 1. The molecule has 6 heteroatoms. The third-order valence-corrected chi connectivity index (χ3v) is 2.51. The van der Waals surface area contributed by atoms with Gasteiger partial charge in [-0.2, -0.15) is 0 Å². The molecule has 0 fully saturated rings. The second-order valence-corrected chi connectivity index (χ2v) is 4.32. The molecule has 1 aromatic heterocycles. The van der Waals surface area contributed by atoms with Gasteiger partial charge < -0.3 is 20.5 Å². The Morgan fingerprint density at radius 3 is 2.67 bits per heavy atom. The lowest BCUT2D eigenvalue weighted by Gasteiger charge is -2.12. The summed E-state index contributed by atoms with van der Waals surface area (Å²) in [5.41, 5.74) is 6.71. The predicted molar refractivity (Wildman–Crippen MR) is 70.2 cm³/mol. The van der Waals surface area contributed by atoms with E-state index in [1.165, 1.54) is 4.90 Å². The van der Waals surface area contributed by atoms with Gasteiger partial charge in [-0.25, -0.2) is 0 Å². The molecule has 3 N–H and O–H groups in total. The van der Waals surface area contributed by atoms with Crippen LogP contribution in [-0.4, -0.2) is 41.9 Å². The van der Waals surface area contributed by atoms with E-state index >= 15 is 0 Å². The van der Waals surface area contributed by atoms with Gasteiger partial charge in [0.25, 0.3) is 5.91 Å². The average Bonchev–Trinajstić information content (AvgIpc) is 2.67. The van der Waals surface area contributed by atoms with E-state index in [2.05, 4.69) is 5.32 Å². The number of carbonyl (C=O) groups is 2. The Balaban J connectivity index is 2.69. The Kier molecular flexibility index (Phi) is 4.76. The number of amides is 2. The third-order valence-electron chi connectivity index (χ3n) is 2.51. The Labute approximate surface area is 107 Å². The van der Waals surface area contributed by atoms with Crippen molar-refractivity contribution in [3.05, 3.63) is 18.0 Å². The zero-order valence-corrected chi connectivity index (χ0v) is 11.1. The summed E-state index contributed by atoms with van der Waals surface area (Å²) >= 11 is 0. The van der Waals surface area contributed by atoms with Crippen LogP contribution in [-0.2, 0) is 11.3 Å². The molecule has 100 valence electrons. The van der Waals surface area contributed by atoms with Gasteiger partial charge in [0.15, 0.2) is 0 Å². The summed E-state index contributed by atoms with van der Waals surface area (Å²) in [4.78, 5) is 24.7. The van der Waals surface area contributed by atoms with E-state index in [-0.39, 0.29) is 18.4 Å². The fraction of sp³-hybridized carbons (Fsp3) is 0.500. The van der Waals surface area contributed by atoms with Crippen molar-refractivity contribution in [1.29, 1.82) is 0 Å². The quantitative estimate of drug-likeness (QED) is 0.791. The zero-order chi connectivity index (χ0) is 13.7. The molecule has 0 saturated heterocycles. The summed E-state index contributed by atoms with van der Waals surface area (Å²) in [7, 11) is 3.29. The molecule has 0 aliphatic carbocycles. The topological polar surface area (TPSA) is 80.4 Å². The maximum Gasteiger partial charge on any atom is 0.268 e. The lowest BCUT2D eigenvalue weighted by atomic mass is 10.3. The van der Waals surface area contributed by atoms with Crippen LogP contribution in [0.5, 0.6) is 0 Å². The number of aromatic nitrogens is 1. The van der Waals surface area contributed by atoms with Crippen LogP contribution in [0.4, 0.5) is 5.69 Å². The minimum absolute atomic E-state index is 0.0109. The number of anilines is 1. The van der Waals surface area contributed by atoms with Crippen molar-refractivity contribution in [3.8, 4) is 0 Å². The highest BCUT2D eigenvalue weighted by Gasteiger charge is 2.14.